The number of nitrogens with zero attached hydrogens (tertiary/aromatic N) is 1. The van der Waals surface area contributed by atoms with Gasteiger partial charge in [0.05, 0.1) is 4.88 Å². The first-order chi connectivity index (χ1) is 9.94. The van der Waals surface area contributed by atoms with Crippen LogP contribution in [0.2, 0.25) is 0 Å². The molecule has 0 bridgehead atoms. The number of rotatable bonds is 3. The molecule has 114 valence electrons. The predicted octanol–water partition coefficient (Wildman–Crippen LogP) is 2.88. The molecule has 0 spiro atoms. The van der Waals surface area contributed by atoms with Crippen LogP contribution in [0, 0.1) is 23.2 Å². The Morgan fingerprint density at radius 3 is 2.95 bits per heavy atom. The molecular formula is C17H23NO2S. The van der Waals surface area contributed by atoms with E-state index in [-0.39, 0.29) is 23.8 Å². The third kappa shape index (κ3) is 3.87. The summed E-state index contributed by atoms with van der Waals surface area (Å²) >= 11 is 1.55. The molecule has 1 atom stereocenters. The second-order valence-corrected chi connectivity index (χ2v) is 7.32. The van der Waals surface area contributed by atoms with E-state index in [1.54, 1.807) is 11.3 Å². The maximum absolute atomic E-state index is 12.6. The molecule has 4 heteroatoms. The van der Waals surface area contributed by atoms with Gasteiger partial charge in [-0.3, -0.25) is 4.79 Å². The fourth-order valence-corrected chi connectivity index (χ4v) is 3.82. The zero-order valence-electron chi connectivity index (χ0n) is 13.0. The van der Waals surface area contributed by atoms with Crippen molar-refractivity contribution in [3.8, 4) is 11.8 Å². The van der Waals surface area contributed by atoms with E-state index in [0.29, 0.717) is 6.54 Å². The molecule has 2 rings (SSSR count). The summed E-state index contributed by atoms with van der Waals surface area (Å²) in [6, 6.07) is 2.00. The lowest BCUT2D eigenvalue weighted by Gasteiger charge is -2.29. The smallest absolute Gasteiger partial charge is 0.226 e. The topological polar surface area (TPSA) is 40.5 Å². The molecule has 0 aromatic carbocycles. The molecule has 1 unspecified atom stereocenters. The highest BCUT2D eigenvalue weighted by molar-refractivity contribution is 7.10. The number of aliphatic hydroxyl groups is 1. The first kappa shape index (κ1) is 16.1. The van der Waals surface area contributed by atoms with Gasteiger partial charge in [-0.15, -0.1) is 11.3 Å². The van der Waals surface area contributed by atoms with E-state index >= 15 is 0 Å². The minimum absolute atomic E-state index is 0.123. The van der Waals surface area contributed by atoms with Crippen LogP contribution in [0.4, 0.5) is 0 Å². The Kier molecular flexibility index (Phi) is 5.08. The molecule has 1 fully saturated rings. The molecule has 1 aliphatic rings. The van der Waals surface area contributed by atoms with E-state index in [2.05, 4.69) is 25.7 Å². The van der Waals surface area contributed by atoms with Crippen molar-refractivity contribution < 1.29 is 9.90 Å². The zero-order chi connectivity index (χ0) is 15.5. The van der Waals surface area contributed by atoms with Crippen molar-refractivity contribution in [2.45, 2.75) is 39.7 Å². The van der Waals surface area contributed by atoms with E-state index in [0.717, 1.165) is 29.7 Å². The lowest BCUT2D eigenvalue weighted by atomic mass is 9.81. The Bertz CT molecular complexity index is 565. The summed E-state index contributed by atoms with van der Waals surface area (Å²) in [7, 11) is 1.88. The van der Waals surface area contributed by atoms with Crippen molar-refractivity contribution in [3.05, 3.63) is 21.9 Å². The van der Waals surface area contributed by atoms with Crippen molar-refractivity contribution in [3.63, 3.8) is 0 Å². The number of thiophene rings is 1. The van der Waals surface area contributed by atoms with Gasteiger partial charge in [-0.05, 0) is 35.3 Å². The Morgan fingerprint density at radius 2 is 2.33 bits per heavy atom. The zero-order valence-corrected chi connectivity index (χ0v) is 13.8. The van der Waals surface area contributed by atoms with E-state index in [4.69, 9.17) is 5.11 Å². The summed E-state index contributed by atoms with van der Waals surface area (Å²) in [5.74, 6) is 5.95. The summed E-state index contributed by atoms with van der Waals surface area (Å²) in [4.78, 5) is 15.4. The van der Waals surface area contributed by atoms with Crippen LogP contribution < -0.4 is 0 Å². The third-order valence-corrected chi connectivity index (χ3v) is 5.19. The van der Waals surface area contributed by atoms with Crippen LogP contribution in [0.3, 0.4) is 0 Å². The Hall–Kier alpha value is -1.31. The summed E-state index contributed by atoms with van der Waals surface area (Å²) in [6.07, 6.45) is 3.29. The molecule has 0 saturated heterocycles. The van der Waals surface area contributed by atoms with Gasteiger partial charge in [0.2, 0.25) is 5.91 Å². The van der Waals surface area contributed by atoms with E-state index in [9.17, 15) is 4.79 Å². The molecule has 1 amide bonds. The number of hydrogen-bond donors (Lipinski definition) is 1. The predicted molar refractivity (Wildman–Crippen MR) is 85.9 cm³/mol. The Labute approximate surface area is 131 Å². The van der Waals surface area contributed by atoms with Crippen LogP contribution in [0.15, 0.2) is 11.4 Å². The number of carbonyl (C=O) groups excluding carboxylic acids is 1. The van der Waals surface area contributed by atoms with Gasteiger partial charge in [-0.1, -0.05) is 32.1 Å². The number of amides is 1. The molecule has 1 aromatic rings. The van der Waals surface area contributed by atoms with Gasteiger partial charge >= 0.3 is 0 Å². The average molecular weight is 305 g/mol. The fourth-order valence-electron chi connectivity index (χ4n) is 3.05. The second-order valence-electron chi connectivity index (χ2n) is 6.41. The highest BCUT2D eigenvalue weighted by Gasteiger charge is 2.40. The van der Waals surface area contributed by atoms with Gasteiger partial charge in [0.15, 0.2) is 0 Å². The van der Waals surface area contributed by atoms with E-state index < -0.39 is 0 Å². The molecule has 21 heavy (non-hydrogen) atoms. The number of aliphatic hydroxyl groups excluding tert-OH is 1. The molecule has 1 heterocycles. The quantitative estimate of drug-likeness (QED) is 0.872. The van der Waals surface area contributed by atoms with Gasteiger partial charge in [-0.2, -0.15) is 0 Å². The van der Waals surface area contributed by atoms with Crippen molar-refractivity contribution >= 4 is 17.2 Å². The molecule has 1 aromatic heterocycles. The molecular weight excluding hydrogens is 282 g/mol. The maximum atomic E-state index is 12.6. The average Bonchev–Trinajstić information content (AvgIpc) is 3.01. The van der Waals surface area contributed by atoms with Crippen LogP contribution in [0.5, 0.6) is 0 Å². The van der Waals surface area contributed by atoms with Crippen molar-refractivity contribution in [2.75, 3.05) is 13.7 Å². The fraction of sp³-hybridized carbons (Fsp3) is 0.588. The van der Waals surface area contributed by atoms with Crippen molar-refractivity contribution in [2.24, 2.45) is 11.3 Å². The summed E-state index contributed by atoms with van der Waals surface area (Å²) in [5, 5.41) is 10.7. The van der Waals surface area contributed by atoms with Gasteiger partial charge in [0.25, 0.3) is 0 Å². The van der Waals surface area contributed by atoms with E-state index in [1.807, 2.05) is 23.4 Å². The third-order valence-electron chi connectivity index (χ3n) is 4.30. The van der Waals surface area contributed by atoms with Crippen LogP contribution in [0.1, 0.15) is 43.6 Å². The largest absolute Gasteiger partial charge is 0.384 e. The number of carbonyl (C=O) groups is 1. The molecule has 1 N–H and O–H groups in total. The van der Waals surface area contributed by atoms with Crippen molar-refractivity contribution in [1.29, 1.82) is 0 Å². The van der Waals surface area contributed by atoms with Gasteiger partial charge < -0.3 is 10.0 Å². The SMILES string of the molecule is CN(Cc1csc(C#CCO)c1)C(=O)C1CCCC1(C)C. The summed E-state index contributed by atoms with van der Waals surface area (Å²) in [5.41, 5.74) is 1.23. The normalized spacial score (nSPS) is 19.9. The van der Waals surface area contributed by atoms with Crippen LogP contribution in [0.25, 0.3) is 0 Å². The standard InChI is InChI=1S/C17H23NO2S/c1-17(2)8-4-7-15(17)16(20)18(3)11-13-10-14(21-12-13)6-5-9-19/h10,12,15,19H,4,7-9,11H2,1-3H3. The van der Waals surface area contributed by atoms with Crippen LogP contribution >= 0.6 is 11.3 Å². The first-order valence-electron chi connectivity index (χ1n) is 7.36. The Balaban J connectivity index is 1.99. The van der Waals surface area contributed by atoms with Gasteiger partial charge in [0.1, 0.15) is 6.61 Å². The first-order valence-corrected chi connectivity index (χ1v) is 8.24. The minimum Gasteiger partial charge on any atom is -0.384 e. The summed E-state index contributed by atoms with van der Waals surface area (Å²) in [6.45, 7) is 4.90. The molecule has 3 nitrogen and oxygen atoms in total. The lowest BCUT2D eigenvalue weighted by Crippen LogP contribution is -2.37. The van der Waals surface area contributed by atoms with E-state index in [1.165, 1.54) is 0 Å². The lowest BCUT2D eigenvalue weighted by molar-refractivity contribution is -0.137. The molecule has 1 aliphatic carbocycles. The monoisotopic (exact) mass is 305 g/mol. The molecule has 1 saturated carbocycles. The minimum atomic E-state index is -0.123. The van der Waals surface area contributed by atoms with Crippen LogP contribution in [-0.4, -0.2) is 29.6 Å². The highest BCUT2D eigenvalue weighted by atomic mass is 32.1. The molecule has 0 radical (unpaired) electrons. The van der Waals surface area contributed by atoms with Crippen molar-refractivity contribution in [1.82, 2.24) is 4.90 Å². The summed E-state index contributed by atoms with van der Waals surface area (Å²) < 4.78 is 0. The van der Waals surface area contributed by atoms with Gasteiger partial charge in [0, 0.05) is 19.5 Å². The maximum Gasteiger partial charge on any atom is 0.226 e. The number of hydrogen-bond acceptors (Lipinski definition) is 3. The second kappa shape index (κ2) is 6.64. The highest BCUT2D eigenvalue weighted by Crippen LogP contribution is 2.43. The molecule has 0 aliphatic heterocycles. The Morgan fingerprint density at radius 1 is 1.57 bits per heavy atom. The van der Waals surface area contributed by atoms with Gasteiger partial charge in [-0.25, -0.2) is 0 Å². The van der Waals surface area contributed by atoms with Crippen LogP contribution in [-0.2, 0) is 11.3 Å².